The molecular formula is C23H17Cl3N3O2+. The summed E-state index contributed by atoms with van der Waals surface area (Å²) in [6.07, 6.45) is 1.72. The Morgan fingerprint density at radius 2 is 1.61 bits per heavy atom. The maximum atomic E-state index is 12.9. The van der Waals surface area contributed by atoms with E-state index in [9.17, 15) is 9.59 Å². The highest BCUT2D eigenvalue weighted by molar-refractivity contribution is 6.36. The van der Waals surface area contributed by atoms with E-state index in [1.165, 1.54) is 0 Å². The fourth-order valence-electron chi connectivity index (χ4n) is 3.41. The van der Waals surface area contributed by atoms with Crippen LogP contribution in [-0.4, -0.2) is 28.8 Å². The summed E-state index contributed by atoms with van der Waals surface area (Å²) in [5.41, 5.74) is 4.76. The number of nitrogens with zero attached hydrogens (tertiary/aromatic N) is 1. The average molecular weight is 474 g/mol. The number of nitrogens with one attached hydrogen (secondary N) is 2. The van der Waals surface area contributed by atoms with E-state index in [2.05, 4.69) is 10.7 Å². The lowest BCUT2D eigenvalue weighted by Crippen LogP contribution is -2.42. The molecule has 4 rings (SSSR count). The quantitative estimate of drug-likeness (QED) is 0.541. The molecule has 0 radical (unpaired) electrons. The van der Waals surface area contributed by atoms with Gasteiger partial charge in [-0.25, -0.2) is 0 Å². The first-order valence-corrected chi connectivity index (χ1v) is 10.6. The van der Waals surface area contributed by atoms with Crippen LogP contribution in [0.25, 0.3) is 0 Å². The number of hydrogen-bond acceptors (Lipinski definition) is 2. The van der Waals surface area contributed by atoms with Gasteiger partial charge in [0.15, 0.2) is 6.04 Å². The molecule has 2 N–H and O–H groups in total. The number of carbonyl (C=O) groups excluding carboxylic acids is 2. The smallest absolute Gasteiger partial charge is 0.304 e. The van der Waals surface area contributed by atoms with Gasteiger partial charge in [-0.15, -0.1) is 10.1 Å². The first kappa shape index (κ1) is 21.4. The van der Waals surface area contributed by atoms with Gasteiger partial charge in [-0.05, 0) is 42.5 Å². The van der Waals surface area contributed by atoms with E-state index in [1.54, 1.807) is 53.4 Å². The summed E-state index contributed by atoms with van der Waals surface area (Å²) in [6.45, 7) is 0. The third-order valence-electron chi connectivity index (χ3n) is 4.91. The van der Waals surface area contributed by atoms with Gasteiger partial charge >= 0.3 is 5.91 Å². The van der Waals surface area contributed by atoms with Gasteiger partial charge in [0.2, 0.25) is 12.3 Å². The zero-order valence-electron chi connectivity index (χ0n) is 16.1. The topological polar surface area (TPSA) is 61.2 Å². The van der Waals surface area contributed by atoms with Crippen LogP contribution in [0.2, 0.25) is 15.1 Å². The van der Waals surface area contributed by atoms with Crippen LogP contribution in [0.1, 0.15) is 27.5 Å². The highest BCUT2D eigenvalue weighted by Crippen LogP contribution is 2.27. The van der Waals surface area contributed by atoms with E-state index in [0.29, 0.717) is 26.2 Å². The Morgan fingerprint density at radius 3 is 2.29 bits per heavy atom. The maximum absolute atomic E-state index is 12.9. The fourth-order valence-corrected chi connectivity index (χ4v) is 4.00. The van der Waals surface area contributed by atoms with E-state index < -0.39 is 12.1 Å². The highest BCUT2D eigenvalue weighted by Gasteiger charge is 2.47. The Labute approximate surface area is 194 Å². The Morgan fingerprint density at radius 1 is 0.935 bits per heavy atom. The van der Waals surface area contributed by atoms with Gasteiger partial charge in [-0.1, -0.05) is 65.1 Å². The molecule has 3 aromatic carbocycles. The molecule has 0 unspecified atom stereocenters. The van der Waals surface area contributed by atoms with Crippen molar-refractivity contribution in [2.24, 2.45) is 0 Å². The molecule has 1 saturated heterocycles. The van der Waals surface area contributed by atoms with Crippen LogP contribution in [0, 0.1) is 0 Å². The van der Waals surface area contributed by atoms with Crippen molar-refractivity contribution in [3.05, 3.63) is 105 Å². The van der Waals surface area contributed by atoms with Crippen LogP contribution in [0.15, 0.2) is 72.8 Å². The maximum Gasteiger partial charge on any atom is 0.304 e. The number of carbonyl (C=O) groups is 2. The minimum atomic E-state index is -0.826. The molecule has 1 fully saturated rings. The van der Waals surface area contributed by atoms with Crippen molar-refractivity contribution in [3.63, 3.8) is 0 Å². The SMILES string of the molecule is O=C(N[C@@H]1C(=O)N/[N+](=C\c2ccc(Cl)cc2Cl)[C@H]1c1ccccc1)c1ccc(Cl)cc1. The van der Waals surface area contributed by atoms with E-state index in [0.717, 1.165) is 5.56 Å². The monoisotopic (exact) mass is 472 g/mol. The van der Waals surface area contributed by atoms with Crippen molar-refractivity contribution in [3.8, 4) is 0 Å². The molecule has 0 spiro atoms. The van der Waals surface area contributed by atoms with Crippen LogP contribution < -0.4 is 10.7 Å². The Balaban J connectivity index is 1.70. The number of hydrogen-bond donors (Lipinski definition) is 2. The van der Waals surface area contributed by atoms with E-state index in [1.807, 2.05) is 30.3 Å². The zero-order valence-corrected chi connectivity index (χ0v) is 18.3. The molecule has 8 heteroatoms. The lowest BCUT2D eigenvalue weighted by atomic mass is 10.00. The van der Waals surface area contributed by atoms with Crippen molar-refractivity contribution in [1.82, 2.24) is 10.7 Å². The van der Waals surface area contributed by atoms with Crippen molar-refractivity contribution >= 4 is 52.8 Å². The van der Waals surface area contributed by atoms with Crippen LogP contribution in [0.3, 0.4) is 0 Å². The lowest BCUT2D eigenvalue weighted by Gasteiger charge is -2.14. The predicted molar refractivity (Wildman–Crippen MR) is 122 cm³/mol. The number of amides is 2. The Kier molecular flexibility index (Phi) is 6.28. The molecule has 0 aromatic heterocycles. The van der Waals surface area contributed by atoms with Gasteiger partial charge in [0, 0.05) is 21.2 Å². The minimum absolute atomic E-state index is 0.336. The van der Waals surface area contributed by atoms with E-state index in [-0.39, 0.29) is 11.8 Å². The summed E-state index contributed by atoms with van der Waals surface area (Å²) < 4.78 is 1.65. The number of benzene rings is 3. The van der Waals surface area contributed by atoms with Gasteiger partial charge in [-0.2, -0.15) is 0 Å². The average Bonchev–Trinajstić information content (AvgIpc) is 3.06. The van der Waals surface area contributed by atoms with Crippen molar-refractivity contribution in [2.45, 2.75) is 12.1 Å². The van der Waals surface area contributed by atoms with Gasteiger partial charge in [0.05, 0.1) is 10.6 Å². The molecule has 0 aliphatic carbocycles. The van der Waals surface area contributed by atoms with Crippen LogP contribution in [0.4, 0.5) is 0 Å². The molecule has 5 nitrogen and oxygen atoms in total. The largest absolute Gasteiger partial charge is 0.334 e. The summed E-state index contributed by atoms with van der Waals surface area (Å²) in [4.78, 5) is 25.6. The third kappa shape index (κ3) is 4.74. The first-order valence-electron chi connectivity index (χ1n) is 9.42. The molecule has 2 amide bonds. The third-order valence-corrected chi connectivity index (χ3v) is 5.73. The summed E-state index contributed by atoms with van der Waals surface area (Å²) >= 11 is 18.2. The molecule has 1 heterocycles. The summed E-state index contributed by atoms with van der Waals surface area (Å²) in [6, 6.07) is 19.7. The zero-order chi connectivity index (χ0) is 22.0. The van der Waals surface area contributed by atoms with Gasteiger partial charge in [-0.3, -0.25) is 9.59 Å². The van der Waals surface area contributed by atoms with Crippen molar-refractivity contribution < 1.29 is 14.3 Å². The molecule has 0 saturated carbocycles. The number of hydrazine groups is 1. The molecule has 3 aromatic rings. The highest BCUT2D eigenvalue weighted by atomic mass is 35.5. The summed E-state index contributed by atoms with van der Waals surface area (Å²) in [7, 11) is 0. The van der Waals surface area contributed by atoms with Crippen LogP contribution in [0.5, 0.6) is 0 Å². The van der Waals surface area contributed by atoms with Gasteiger partial charge < -0.3 is 5.32 Å². The van der Waals surface area contributed by atoms with Crippen LogP contribution in [-0.2, 0) is 4.79 Å². The molecule has 1 aliphatic heterocycles. The van der Waals surface area contributed by atoms with E-state index >= 15 is 0 Å². The molecule has 0 bridgehead atoms. The summed E-state index contributed by atoms with van der Waals surface area (Å²) in [5.74, 6) is -0.707. The molecular weight excluding hydrogens is 457 g/mol. The lowest BCUT2D eigenvalue weighted by molar-refractivity contribution is -0.596. The fraction of sp³-hybridized carbons (Fsp3) is 0.0870. The van der Waals surface area contributed by atoms with Crippen molar-refractivity contribution in [2.75, 3.05) is 0 Å². The predicted octanol–water partition coefficient (Wildman–Crippen LogP) is 4.66. The molecule has 31 heavy (non-hydrogen) atoms. The first-order chi connectivity index (χ1) is 14.9. The molecule has 156 valence electrons. The summed E-state index contributed by atoms with van der Waals surface area (Å²) in [5, 5.41) is 4.33. The normalized spacial score (nSPS) is 19.3. The second-order valence-corrected chi connectivity index (χ2v) is 8.27. The van der Waals surface area contributed by atoms with Gasteiger partial charge in [0.1, 0.15) is 0 Å². The molecule has 2 atom stereocenters. The standard InChI is InChI=1S/C23H16Cl3N3O2/c24-17-9-6-15(7-10-17)22(30)27-20-21(14-4-2-1-3-5-14)29(28-23(20)31)13-16-8-11-18(25)12-19(16)26/h1-13,20-21H,(H-,27,28,30,31)/p+1/b29-13-/t20-,21-/m0/s1. The number of rotatable bonds is 4. The van der Waals surface area contributed by atoms with Gasteiger partial charge in [0.25, 0.3) is 5.91 Å². The molecule has 1 aliphatic rings. The Hall–Kier alpha value is -2.86. The van der Waals surface area contributed by atoms with Crippen molar-refractivity contribution in [1.29, 1.82) is 0 Å². The Bertz CT molecular complexity index is 1160. The van der Waals surface area contributed by atoms with E-state index in [4.69, 9.17) is 34.8 Å². The van der Waals surface area contributed by atoms with Crippen LogP contribution >= 0.6 is 34.8 Å². The number of halogens is 3. The number of hydrazone groups is 1. The second-order valence-electron chi connectivity index (χ2n) is 6.99. The minimum Gasteiger partial charge on any atom is -0.334 e. The second kappa shape index (κ2) is 9.10.